The molecule has 1 aliphatic rings. The van der Waals surface area contributed by atoms with E-state index in [9.17, 15) is 14.1 Å². The first kappa shape index (κ1) is 19.9. The summed E-state index contributed by atoms with van der Waals surface area (Å²) in [4.78, 5) is 22.9. The lowest BCUT2D eigenvalue weighted by Gasteiger charge is -2.35. The molecule has 4 rings (SSSR count). The van der Waals surface area contributed by atoms with Crippen molar-refractivity contribution in [2.24, 2.45) is 0 Å². The maximum Gasteiger partial charge on any atom is 0.272 e. The van der Waals surface area contributed by atoms with Gasteiger partial charge < -0.3 is 10.2 Å². The first-order chi connectivity index (χ1) is 12.6. The third-order valence-corrected chi connectivity index (χ3v) is 8.09. The highest BCUT2D eigenvalue weighted by Crippen LogP contribution is 2.54. The van der Waals surface area contributed by atoms with Gasteiger partial charge in [-0.15, -0.1) is 12.4 Å². The number of H-pyrrole nitrogens is 1. The van der Waals surface area contributed by atoms with Crippen LogP contribution in [-0.2, 0) is 6.42 Å². The van der Waals surface area contributed by atoms with Gasteiger partial charge in [-0.3, -0.25) is 4.79 Å². The summed E-state index contributed by atoms with van der Waals surface area (Å²) in [5.74, 6) is -0.342. The molecule has 0 spiro atoms. The Kier molecular flexibility index (Phi) is 5.92. The number of aromatic nitrogens is 2. The summed E-state index contributed by atoms with van der Waals surface area (Å²) in [6, 6.07) is 12.2. The van der Waals surface area contributed by atoms with Crippen LogP contribution in [0.5, 0.6) is 0 Å². The minimum absolute atomic E-state index is 0. The van der Waals surface area contributed by atoms with Crippen molar-refractivity contribution in [1.82, 2.24) is 15.5 Å². The number of hydrogen-bond donors (Lipinski definition) is 3. The predicted molar refractivity (Wildman–Crippen MR) is 110 cm³/mol. The van der Waals surface area contributed by atoms with E-state index in [0.29, 0.717) is 42.5 Å². The van der Waals surface area contributed by atoms with Gasteiger partial charge in [0.05, 0.1) is 11.1 Å². The topological polar surface area (TPSA) is 78.0 Å². The van der Waals surface area contributed by atoms with E-state index in [-0.39, 0.29) is 23.8 Å². The van der Waals surface area contributed by atoms with Crippen LogP contribution in [0.15, 0.2) is 47.3 Å². The van der Waals surface area contributed by atoms with Crippen molar-refractivity contribution >= 4 is 36.0 Å². The van der Waals surface area contributed by atoms with E-state index in [1.165, 1.54) is 6.07 Å². The molecule has 5 nitrogen and oxygen atoms in total. The van der Waals surface area contributed by atoms with Gasteiger partial charge in [-0.25, -0.2) is 9.49 Å². The monoisotopic (exact) mass is 408 g/mol. The summed E-state index contributed by atoms with van der Waals surface area (Å²) < 4.78 is 14.4. The van der Waals surface area contributed by atoms with Crippen molar-refractivity contribution in [3.05, 3.63) is 69.9 Å². The van der Waals surface area contributed by atoms with Gasteiger partial charge >= 0.3 is 0 Å². The summed E-state index contributed by atoms with van der Waals surface area (Å²) in [6.45, 7) is 1.42. The number of fused-ring (bicyclic) bond motifs is 1. The van der Waals surface area contributed by atoms with Crippen molar-refractivity contribution in [2.75, 3.05) is 25.4 Å². The summed E-state index contributed by atoms with van der Waals surface area (Å²) in [5.41, 5.74) is 1.38. The minimum atomic E-state index is -2.46. The highest BCUT2D eigenvalue weighted by molar-refractivity contribution is 7.77. The maximum atomic E-state index is 14.4. The minimum Gasteiger partial charge on any atom is -0.375 e. The predicted octanol–water partition coefficient (Wildman–Crippen LogP) is 2.23. The fraction of sp³-hybridized carbons (Fsp3) is 0.263. The zero-order valence-corrected chi connectivity index (χ0v) is 16.3. The fourth-order valence-corrected chi connectivity index (χ4v) is 6.13. The molecule has 3 N–H and O–H groups in total. The molecule has 0 atom stereocenters. The maximum absolute atomic E-state index is 14.4. The van der Waals surface area contributed by atoms with Crippen LogP contribution in [0.3, 0.4) is 0 Å². The molecule has 0 saturated carbocycles. The lowest BCUT2D eigenvalue weighted by molar-refractivity contribution is 0.576. The molecule has 0 unspecified atom stereocenters. The molecule has 8 heteroatoms. The van der Waals surface area contributed by atoms with Crippen LogP contribution in [0.1, 0.15) is 11.3 Å². The summed E-state index contributed by atoms with van der Waals surface area (Å²) in [5, 5.41) is 11.8. The van der Waals surface area contributed by atoms with Crippen molar-refractivity contribution in [3.8, 4) is 0 Å². The van der Waals surface area contributed by atoms with Crippen LogP contribution in [0, 0.1) is 5.82 Å². The number of hydrogen-bond acceptors (Lipinski definition) is 4. The number of rotatable bonds is 3. The number of nitrogens with one attached hydrogen (secondary N) is 2. The molecule has 0 bridgehead atoms. The van der Waals surface area contributed by atoms with E-state index in [1.54, 1.807) is 18.2 Å². The number of aromatic amines is 1. The molecular weight excluding hydrogens is 388 g/mol. The van der Waals surface area contributed by atoms with Gasteiger partial charge in [0.1, 0.15) is 5.82 Å². The van der Waals surface area contributed by atoms with Gasteiger partial charge in [-0.1, -0.05) is 24.3 Å². The third-order valence-electron chi connectivity index (χ3n) is 4.92. The average Bonchev–Trinajstić information content (AvgIpc) is 2.66. The first-order valence-corrected chi connectivity index (χ1v) is 10.7. The SMILES string of the molecule is Cl.O=c1[nH]nc(Cc2ccc(F)c([P]3(O)CCNCC3)c2)c2ccccc12. The Balaban J connectivity index is 0.00000210. The van der Waals surface area contributed by atoms with Crippen LogP contribution in [0.2, 0.25) is 0 Å². The molecule has 143 valence electrons. The third kappa shape index (κ3) is 3.90. The normalized spacial score (nSPS) is 16.1. The summed E-state index contributed by atoms with van der Waals surface area (Å²) >= 11 is 0. The van der Waals surface area contributed by atoms with Crippen molar-refractivity contribution in [2.45, 2.75) is 6.42 Å². The first-order valence-electron chi connectivity index (χ1n) is 8.63. The van der Waals surface area contributed by atoms with E-state index in [0.717, 1.165) is 16.6 Å². The number of halogens is 2. The fourth-order valence-electron chi connectivity index (χ4n) is 3.49. The Morgan fingerprint density at radius 3 is 2.56 bits per heavy atom. The molecule has 0 amide bonds. The molecule has 0 aliphatic carbocycles. The van der Waals surface area contributed by atoms with Crippen molar-refractivity contribution < 1.29 is 9.28 Å². The van der Waals surface area contributed by atoms with Crippen LogP contribution >= 0.6 is 19.9 Å². The van der Waals surface area contributed by atoms with Gasteiger partial charge in [0, 0.05) is 50.0 Å². The van der Waals surface area contributed by atoms with Gasteiger partial charge in [0.25, 0.3) is 5.56 Å². The largest absolute Gasteiger partial charge is 0.375 e. The molecule has 1 aliphatic heterocycles. The molecule has 2 heterocycles. The van der Waals surface area contributed by atoms with E-state index in [1.807, 2.05) is 18.2 Å². The van der Waals surface area contributed by atoms with Crippen molar-refractivity contribution in [3.63, 3.8) is 0 Å². The second-order valence-corrected chi connectivity index (χ2v) is 9.85. The van der Waals surface area contributed by atoms with Gasteiger partial charge in [0.2, 0.25) is 0 Å². The smallest absolute Gasteiger partial charge is 0.272 e. The molecule has 27 heavy (non-hydrogen) atoms. The van der Waals surface area contributed by atoms with Gasteiger partial charge in [0.15, 0.2) is 0 Å². The summed E-state index contributed by atoms with van der Waals surface area (Å²) in [7, 11) is -2.46. The van der Waals surface area contributed by atoms with Crippen LogP contribution in [-0.4, -0.2) is 40.5 Å². The highest BCUT2D eigenvalue weighted by atomic mass is 35.5. The van der Waals surface area contributed by atoms with Gasteiger partial charge in [-0.2, -0.15) is 5.10 Å². The molecule has 1 aromatic heterocycles. The van der Waals surface area contributed by atoms with Crippen LogP contribution in [0.4, 0.5) is 4.39 Å². The van der Waals surface area contributed by atoms with Crippen molar-refractivity contribution in [1.29, 1.82) is 0 Å². The second-order valence-electron chi connectivity index (χ2n) is 6.63. The average molecular weight is 409 g/mol. The Bertz CT molecular complexity index is 1020. The zero-order valence-electron chi connectivity index (χ0n) is 14.6. The van der Waals surface area contributed by atoms with E-state index >= 15 is 0 Å². The molecule has 1 radical (unpaired) electrons. The van der Waals surface area contributed by atoms with Crippen LogP contribution in [0.25, 0.3) is 10.8 Å². The quantitative estimate of drug-likeness (QED) is 0.581. The second kappa shape index (κ2) is 8.03. The highest BCUT2D eigenvalue weighted by Gasteiger charge is 2.31. The molecule has 2 aromatic carbocycles. The zero-order chi connectivity index (χ0) is 18.1. The Morgan fingerprint density at radius 2 is 1.81 bits per heavy atom. The standard InChI is InChI=1S/C19H20FN3O2P.ClH/c20-16-6-5-13(12-18(16)26(25)9-7-21-8-10-26)11-17-14-3-1-2-4-15(14)19(24)23-22-17;/h1-6,12,21,25H,7-11H2,(H,23,24);1H. The Morgan fingerprint density at radius 1 is 1.11 bits per heavy atom. The lowest BCUT2D eigenvalue weighted by Crippen LogP contribution is -2.36. The van der Waals surface area contributed by atoms with Gasteiger partial charge in [-0.05, 0) is 23.8 Å². The number of nitrogens with zero attached hydrogens (tertiary/aromatic N) is 1. The van der Waals surface area contributed by atoms with E-state index in [2.05, 4.69) is 15.5 Å². The van der Waals surface area contributed by atoms with Crippen LogP contribution < -0.4 is 16.2 Å². The lowest BCUT2D eigenvalue weighted by atomic mass is 10.0. The summed E-state index contributed by atoms with van der Waals surface area (Å²) in [6.07, 6.45) is 1.64. The Labute approximate surface area is 162 Å². The molecule has 1 saturated heterocycles. The Hall–Kier alpha value is -1.85. The molecule has 3 aromatic rings. The molecular formula is C19H21ClFN3O2P. The molecule has 1 fully saturated rings. The number of benzene rings is 2. The van der Waals surface area contributed by atoms with E-state index < -0.39 is 7.49 Å². The van der Waals surface area contributed by atoms with E-state index in [4.69, 9.17) is 0 Å².